The smallest absolute Gasteiger partial charge is 0.320 e. The van der Waals surface area contributed by atoms with Gasteiger partial charge < -0.3 is 10.8 Å². The van der Waals surface area contributed by atoms with Gasteiger partial charge in [0.15, 0.2) is 0 Å². The first kappa shape index (κ1) is 12.1. The Labute approximate surface area is 101 Å². The molecule has 0 radical (unpaired) electrons. The van der Waals surface area contributed by atoms with Crippen LogP contribution >= 0.6 is 0 Å². The van der Waals surface area contributed by atoms with Crippen molar-refractivity contribution in [3.05, 3.63) is 35.4 Å². The van der Waals surface area contributed by atoms with Crippen LogP contribution in [-0.2, 0) is 11.2 Å². The topological polar surface area (TPSA) is 66.6 Å². The van der Waals surface area contributed by atoms with Gasteiger partial charge in [0.2, 0.25) is 0 Å². The van der Waals surface area contributed by atoms with Crippen molar-refractivity contribution in [3.63, 3.8) is 0 Å². The molecule has 1 heterocycles. The lowest BCUT2D eigenvalue weighted by atomic mass is 9.89. The summed E-state index contributed by atoms with van der Waals surface area (Å²) < 4.78 is 0. The summed E-state index contributed by atoms with van der Waals surface area (Å²) in [5.74, 6) is -0.929. The molecule has 2 rings (SSSR count). The molecule has 1 aromatic rings. The number of nitrogens with two attached hydrogens (primary N) is 1. The predicted molar refractivity (Wildman–Crippen MR) is 65.7 cm³/mol. The van der Waals surface area contributed by atoms with E-state index < -0.39 is 12.0 Å². The van der Waals surface area contributed by atoms with Crippen LogP contribution in [0.1, 0.15) is 23.6 Å². The second-order valence-electron chi connectivity index (χ2n) is 4.63. The van der Waals surface area contributed by atoms with Gasteiger partial charge in [0, 0.05) is 12.6 Å². The van der Waals surface area contributed by atoms with Crippen LogP contribution in [0.25, 0.3) is 0 Å². The number of benzene rings is 1. The molecule has 4 nitrogen and oxygen atoms in total. The standard InChI is InChI=1S/C13H18N2O2/c1-15-7-6-9-4-2-3-5-10(9)12(15)8-11(14)13(16)17/h2-5,11-12H,6-8,14H2,1H3,(H,16,17). The van der Waals surface area contributed by atoms with Crippen LogP contribution in [0.3, 0.4) is 0 Å². The Morgan fingerprint density at radius 1 is 1.59 bits per heavy atom. The molecule has 4 heteroatoms. The quantitative estimate of drug-likeness (QED) is 0.819. The number of hydrogen-bond donors (Lipinski definition) is 2. The molecular weight excluding hydrogens is 216 g/mol. The summed E-state index contributed by atoms with van der Waals surface area (Å²) >= 11 is 0. The Bertz CT molecular complexity index is 420. The largest absolute Gasteiger partial charge is 0.480 e. The van der Waals surface area contributed by atoms with Crippen molar-refractivity contribution in [1.82, 2.24) is 4.90 Å². The maximum atomic E-state index is 10.8. The minimum atomic E-state index is -0.929. The van der Waals surface area contributed by atoms with Crippen LogP contribution < -0.4 is 5.73 Å². The van der Waals surface area contributed by atoms with Crippen molar-refractivity contribution >= 4 is 5.97 Å². The fraction of sp³-hybridized carbons (Fsp3) is 0.462. The molecule has 17 heavy (non-hydrogen) atoms. The predicted octanol–water partition coefficient (Wildman–Crippen LogP) is 1.02. The van der Waals surface area contributed by atoms with Crippen molar-refractivity contribution in [3.8, 4) is 0 Å². The Morgan fingerprint density at radius 3 is 3.00 bits per heavy atom. The van der Waals surface area contributed by atoms with Crippen LogP contribution in [0.15, 0.2) is 24.3 Å². The number of aliphatic carboxylic acids is 1. The third kappa shape index (κ3) is 2.48. The molecule has 0 saturated carbocycles. The zero-order chi connectivity index (χ0) is 12.4. The molecule has 1 aromatic carbocycles. The highest BCUT2D eigenvalue weighted by Crippen LogP contribution is 2.31. The molecule has 1 aliphatic heterocycles. The minimum absolute atomic E-state index is 0.117. The van der Waals surface area contributed by atoms with E-state index in [0.717, 1.165) is 13.0 Å². The number of carbonyl (C=O) groups is 1. The van der Waals surface area contributed by atoms with Crippen molar-refractivity contribution in [2.75, 3.05) is 13.6 Å². The minimum Gasteiger partial charge on any atom is -0.480 e. The maximum Gasteiger partial charge on any atom is 0.320 e. The molecule has 0 amide bonds. The molecule has 0 aromatic heterocycles. The maximum absolute atomic E-state index is 10.8. The number of carboxylic acid groups (broad SMARTS) is 1. The van der Waals surface area contributed by atoms with E-state index in [-0.39, 0.29) is 6.04 Å². The first-order valence-corrected chi connectivity index (χ1v) is 5.86. The lowest BCUT2D eigenvalue weighted by Gasteiger charge is -2.35. The van der Waals surface area contributed by atoms with E-state index in [1.54, 1.807) is 0 Å². The van der Waals surface area contributed by atoms with Gasteiger partial charge in [-0.05, 0) is 31.0 Å². The number of hydrogen-bond acceptors (Lipinski definition) is 3. The van der Waals surface area contributed by atoms with Crippen molar-refractivity contribution in [2.45, 2.75) is 24.9 Å². The highest BCUT2D eigenvalue weighted by atomic mass is 16.4. The van der Waals surface area contributed by atoms with E-state index in [2.05, 4.69) is 17.0 Å². The number of nitrogens with zero attached hydrogens (tertiary/aromatic N) is 1. The lowest BCUT2D eigenvalue weighted by Crippen LogP contribution is -2.39. The summed E-state index contributed by atoms with van der Waals surface area (Å²) in [6.07, 6.45) is 1.48. The SMILES string of the molecule is CN1CCc2ccccc2C1CC(N)C(=O)O. The Hall–Kier alpha value is -1.39. The second-order valence-corrected chi connectivity index (χ2v) is 4.63. The van der Waals surface area contributed by atoms with E-state index in [9.17, 15) is 4.79 Å². The van der Waals surface area contributed by atoms with Gasteiger partial charge in [-0.3, -0.25) is 9.69 Å². The van der Waals surface area contributed by atoms with Crippen LogP contribution in [-0.4, -0.2) is 35.6 Å². The third-order valence-corrected chi connectivity index (χ3v) is 3.47. The Balaban J connectivity index is 2.23. The lowest BCUT2D eigenvalue weighted by molar-refractivity contribution is -0.139. The average Bonchev–Trinajstić information content (AvgIpc) is 2.32. The van der Waals surface area contributed by atoms with Gasteiger partial charge in [-0.15, -0.1) is 0 Å². The summed E-state index contributed by atoms with van der Waals surface area (Å²) in [7, 11) is 2.02. The average molecular weight is 234 g/mol. The summed E-state index contributed by atoms with van der Waals surface area (Å²) in [4.78, 5) is 13.0. The molecule has 2 unspecified atom stereocenters. The van der Waals surface area contributed by atoms with E-state index in [0.29, 0.717) is 6.42 Å². The monoisotopic (exact) mass is 234 g/mol. The second kappa shape index (κ2) is 4.85. The van der Waals surface area contributed by atoms with Gasteiger partial charge in [0.05, 0.1) is 0 Å². The van der Waals surface area contributed by atoms with E-state index in [1.165, 1.54) is 11.1 Å². The summed E-state index contributed by atoms with van der Waals surface area (Å²) in [6, 6.07) is 7.53. The van der Waals surface area contributed by atoms with Gasteiger partial charge in [-0.1, -0.05) is 24.3 Å². The molecule has 2 atom stereocenters. The molecule has 0 aliphatic carbocycles. The van der Waals surface area contributed by atoms with Crippen LogP contribution in [0, 0.1) is 0 Å². The van der Waals surface area contributed by atoms with Crippen molar-refractivity contribution < 1.29 is 9.90 Å². The number of rotatable bonds is 3. The highest BCUT2D eigenvalue weighted by Gasteiger charge is 2.27. The third-order valence-electron chi connectivity index (χ3n) is 3.47. The Kier molecular flexibility index (Phi) is 3.45. The number of carboxylic acids is 1. The fourth-order valence-corrected chi connectivity index (χ4v) is 2.43. The van der Waals surface area contributed by atoms with Crippen LogP contribution in [0.5, 0.6) is 0 Å². The van der Waals surface area contributed by atoms with E-state index in [1.807, 2.05) is 19.2 Å². The molecule has 0 bridgehead atoms. The summed E-state index contributed by atoms with van der Waals surface area (Å²) in [5, 5.41) is 8.90. The molecule has 0 fully saturated rings. The molecule has 3 N–H and O–H groups in total. The zero-order valence-electron chi connectivity index (χ0n) is 9.97. The van der Waals surface area contributed by atoms with Gasteiger partial charge in [0.1, 0.15) is 6.04 Å². The molecule has 1 aliphatic rings. The Morgan fingerprint density at radius 2 is 2.29 bits per heavy atom. The van der Waals surface area contributed by atoms with Crippen molar-refractivity contribution in [2.24, 2.45) is 5.73 Å². The molecule has 0 saturated heterocycles. The van der Waals surface area contributed by atoms with Crippen LogP contribution in [0.4, 0.5) is 0 Å². The van der Waals surface area contributed by atoms with Gasteiger partial charge in [0.25, 0.3) is 0 Å². The van der Waals surface area contributed by atoms with E-state index in [4.69, 9.17) is 10.8 Å². The van der Waals surface area contributed by atoms with Gasteiger partial charge in [-0.25, -0.2) is 0 Å². The van der Waals surface area contributed by atoms with Gasteiger partial charge >= 0.3 is 5.97 Å². The normalized spacial score (nSPS) is 21.9. The highest BCUT2D eigenvalue weighted by molar-refractivity contribution is 5.73. The summed E-state index contributed by atoms with van der Waals surface area (Å²) in [5.41, 5.74) is 8.17. The number of likely N-dealkylation sites (N-methyl/N-ethyl adjacent to an activating group) is 1. The molecule has 92 valence electrons. The summed E-state index contributed by atoms with van der Waals surface area (Å²) in [6.45, 7) is 0.952. The van der Waals surface area contributed by atoms with E-state index >= 15 is 0 Å². The first-order chi connectivity index (χ1) is 8.09. The first-order valence-electron chi connectivity index (χ1n) is 5.86. The number of fused-ring (bicyclic) bond motifs is 1. The van der Waals surface area contributed by atoms with Crippen LogP contribution in [0.2, 0.25) is 0 Å². The fourth-order valence-electron chi connectivity index (χ4n) is 2.43. The van der Waals surface area contributed by atoms with Crippen molar-refractivity contribution in [1.29, 1.82) is 0 Å². The zero-order valence-corrected chi connectivity index (χ0v) is 9.97. The molecular formula is C13H18N2O2. The molecule has 0 spiro atoms. The van der Waals surface area contributed by atoms with Gasteiger partial charge in [-0.2, -0.15) is 0 Å².